The predicted octanol–water partition coefficient (Wildman–Crippen LogP) is 26.0. The highest BCUT2D eigenvalue weighted by molar-refractivity contribution is 7.47. The molecule has 19 heteroatoms. The Kier molecular flexibility index (Phi) is 76.3. The molecule has 0 aromatic heterocycles. The van der Waals surface area contributed by atoms with E-state index in [1.807, 2.05) is 0 Å². The third-order valence-electron chi connectivity index (χ3n) is 20.0. The first-order valence-electron chi connectivity index (χ1n) is 44.1. The van der Waals surface area contributed by atoms with Crippen LogP contribution in [-0.2, 0) is 65.4 Å². The zero-order valence-corrected chi connectivity index (χ0v) is 70.0. The molecule has 0 amide bonds. The Hall–Kier alpha value is -1.94. The van der Waals surface area contributed by atoms with Gasteiger partial charge in [-0.25, -0.2) is 9.13 Å². The van der Waals surface area contributed by atoms with Crippen LogP contribution in [0.5, 0.6) is 0 Å². The van der Waals surface area contributed by atoms with E-state index in [9.17, 15) is 43.2 Å². The molecule has 0 saturated heterocycles. The van der Waals surface area contributed by atoms with Crippen molar-refractivity contribution >= 4 is 39.5 Å². The Bertz CT molecular complexity index is 1980. The molecule has 0 aliphatic heterocycles. The summed E-state index contributed by atoms with van der Waals surface area (Å²) < 4.78 is 68.8. The van der Waals surface area contributed by atoms with Crippen LogP contribution in [-0.4, -0.2) is 96.7 Å². The van der Waals surface area contributed by atoms with Crippen molar-refractivity contribution < 1.29 is 80.2 Å². The molecule has 3 N–H and O–H groups in total. The van der Waals surface area contributed by atoms with E-state index in [1.54, 1.807) is 0 Å². The summed E-state index contributed by atoms with van der Waals surface area (Å²) in [5, 5.41) is 10.7. The third-order valence-corrected chi connectivity index (χ3v) is 21.9. The molecular formula is C85H166O17P2. The number of carbonyl (C=O) groups excluding carboxylic acids is 4. The van der Waals surface area contributed by atoms with Gasteiger partial charge in [-0.15, -0.1) is 0 Å². The minimum atomic E-state index is -4.96. The first kappa shape index (κ1) is 102. The molecule has 0 heterocycles. The van der Waals surface area contributed by atoms with E-state index >= 15 is 0 Å². The lowest BCUT2D eigenvalue weighted by Crippen LogP contribution is -2.30. The Morgan fingerprint density at radius 2 is 0.442 bits per heavy atom. The molecule has 17 nitrogen and oxygen atoms in total. The zero-order chi connectivity index (χ0) is 76.2. The Morgan fingerprint density at radius 3 is 0.654 bits per heavy atom. The minimum absolute atomic E-state index is 0.108. The van der Waals surface area contributed by atoms with E-state index in [2.05, 4.69) is 34.6 Å². The average Bonchev–Trinajstić information content (AvgIpc) is 0.908. The standard InChI is InChI=1S/C85H166O17P2/c1-6-9-12-15-18-21-23-25-27-29-31-32-34-36-38-42-46-50-55-60-65-70-85(90)102-81(75-96-83(88)69-64-59-54-49-45-41-37-35-33-30-28-26-24-22-19-16-13-10-7-2)77-100-104(93,94)98-73-79(86)72-97-103(91,92)99-76-80(74-95-82(87)68-63-58-53-20-17-14-11-8-3)101-84(89)71-66-61-56-51-47-43-39-40-44-48-52-57-62-67-78(4)5/h78-81,86H,6-77H2,1-5H3,(H,91,92)(H,93,94)/t79-,80+,81+/m0/s1. The van der Waals surface area contributed by atoms with Gasteiger partial charge in [-0.2, -0.15) is 0 Å². The van der Waals surface area contributed by atoms with Gasteiger partial charge in [-0.1, -0.05) is 407 Å². The average molecular weight is 1520 g/mol. The SMILES string of the molecule is CCCCCCCCCCCCCCCCCCCCCCCC(=O)O[C@H](COC(=O)CCCCCCCCCCCCCCCCCCCCC)COP(=O)(O)OC[C@@H](O)COP(=O)(O)OC[C@@H](COC(=O)CCCCCCCCCC)OC(=O)CCCCCCCCCCCCCCCC(C)C. The molecular weight excluding hydrogens is 1350 g/mol. The predicted molar refractivity (Wildman–Crippen MR) is 428 cm³/mol. The number of carbonyl (C=O) groups is 4. The zero-order valence-electron chi connectivity index (χ0n) is 68.2. The van der Waals surface area contributed by atoms with Gasteiger partial charge in [0.05, 0.1) is 26.4 Å². The van der Waals surface area contributed by atoms with E-state index in [0.717, 1.165) is 102 Å². The summed E-state index contributed by atoms with van der Waals surface area (Å²) >= 11 is 0. The molecule has 0 radical (unpaired) electrons. The van der Waals surface area contributed by atoms with Gasteiger partial charge in [-0.05, 0) is 31.6 Å². The molecule has 0 aliphatic rings. The summed E-state index contributed by atoms with van der Waals surface area (Å²) in [5.41, 5.74) is 0. The van der Waals surface area contributed by atoms with Crippen LogP contribution in [0.25, 0.3) is 0 Å². The third kappa shape index (κ3) is 78.2. The van der Waals surface area contributed by atoms with Crippen molar-refractivity contribution in [3.05, 3.63) is 0 Å². The maximum Gasteiger partial charge on any atom is 0.472 e. The van der Waals surface area contributed by atoms with Gasteiger partial charge in [0.25, 0.3) is 0 Å². The Morgan fingerprint density at radius 1 is 0.260 bits per heavy atom. The number of rotatable bonds is 85. The fourth-order valence-corrected chi connectivity index (χ4v) is 14.9. The molecule has 2 unspecified atom stereocenters. The number of ether oxygens (including phenoxy) is 4. The van der Waals surface area contributed by atoms with Gasteiger partial charge < -0.3 is 33.8 Å². The second-order valence-electron chi connectivity index (χ2n) is 31.1. The maximum absolute atomic E-state index is 13.1. The van der Waals surface area contributed by atoms with Crippen molar-refractivity contribution in [2.75, 3.05) is 39.6 Å². The molecule has 0 aromatic carbocycles. The fourth-order valence-electron chi connectivity index (χ4n) is 13.3. The number of hydrogen-bond acceptors (Lipinski definition) is 15. The van der Waals surface area contributed by atoms with Crippen molar-refractivity contribution in [3.63, 3.8) is 0 Å². The van der Waals surface area contributed by atoms with Crippen LogP contribution in [0.3, 0.4) is 0 Å². The monoisotopic (exact) mass is 1520 g/mol. The molecule has 0 saturated carbocycles. The number of aliphatic hydroxyl groups is 1. The van der Waals surface area contributed by atoms with Gasteiger partial charge in [-0.3, -0.25) is 37.3 Å². The van der Waals surface area contributed by atoms with Gasteiger partial charge in [0.1, 0.15) is 19.3 Å². The lowest BCUT2D eigenvalue weighted by molar-refractivity contribution is -0.161. The summed E-state index contributed by atoms with van der Waals surface area (Å²) in [4.78, 5) is 73.1. The number of hydrogen-bond donors (Lipinski definition) is 3. The van der Waals surface area contributed by atoms with E-state index in [0.29, 0.717) is 25.7 Å². The molecule has 0 fully saturated rings. The maximum atomic E-state index is 13.1. The quantitative estimate of drug-likeness (QED) is 0.0222. The number of aliphatic hydroxyl groups excluding tert-OH is 1. The highest BCUT2D eigenvalue weighted by Gasteiger charge is 2.30. The van der Waals surface area contributed by atoms with Crippen molar-refractivity contribution in [2.45, 2.75) is 477 Å². The Labute approximate surface area is 638 Å². The smallest absolute Gasteiger partial charge is 0.462 e. The van der Waals surface area contributed by atoms with Crippen molar-refractivity contribution in [1.29, 1.82) is 0 Å². The summed E-state index contributed by atoms with van der Waals surface area (Å²) in [6, 6.07) is 0. The molecule has 0 spiro atoms. The molecule has 5 atom stereocenters. The van der Waals surface area contributed by atoms with Crippen molar-refractivity contribution in [2.24, 2.45) is 5.92 Å². The first-order chi connectivity index (χ1) is 50.5. The summed E-state index contributed by atoms with van der Waals surface area (Å²) in [7, 11) is -9.92. The summed E-state index contributed by atoms with van der Waals surface area (Å²) in [5.74, 6) is -1.32. The largest absolute Gasteiger partial charge is 0.472 e. The van der Waals surface area contributed by atoms with Crippen LogP contribution in [0.4, 0.5) is 0 Å². The topological polar surface area (TPSA) is 237 Å². The van der Waals surface area contributed by atoms with Gasteiger partial charge in [0.2, 0.25) is 0 Å². The minimum Gasteiger partial charge on any atom is -0.462 e. The summed E-state index contributed by atoms with van der Waals surface area (Å²) in [6.45, 7) is 7.34. The lowest BCUT2D eigenvalue weighted by atomic mass is 10.0. The van der Waals surface area contributed by atoms with Crippen molar-refractivity contribution in [1.82, 2.24) is 0 Å². The van der Waals surface area contributed by atoms with Gasteiger partial charge in [0, 0.05) is 25.7 Å². The molecule has 0 bridgehead atoms. The van der Waals surface area contributed by atoms with Crippen LogP contribution in [0.15, 0.2) is 0 Å². The van der Waals surface area contributed by atoms with Crippen molar-refractivity contribution in [3.8, 4) is 0 Å². The fraction of sp³-hybridized carbons (Fsp3) is 0.953. The van der Waals surface area contributed by atoms with E-state index in [-0.39, 0.29) is 25.7 Å². The van der Waals surface area contributed by atoms with E-state index in [4.69, 9.17) is 37.0 Å². The molecule has 0 aliphatic carbocycles. The number of unbranched alkanes of at least 4 members (excludes halogenated alkanes) is 57. The van der Waals surface area contributed by atoms with Crippen LogP contribution >= 0.6 is 15.6 Å². The second-order valence-corrected chi connectivity index (χ2v) is 34.0. The number of phosphoric acid groups is 2. The second kappa shape index (κ2) is 77.8. The highest BCUT2D eigenvalue weighted by Crippen LogP contribution is 2.45. The Balaban J connectivity index is 5.18. The van der Waals surface area contributed by atoms with Gasteiger partial charge >= 0.3 is 39.5 Å². The van der Waals surface area contributed by atoms with E-state index < -0.39 is 97.5 Å². The summed E-state index contributed by atoms with van der Waals surface area (Å²) in [6.07, 6.45) is 71.0. The number of phosphoric ester groups is 2. The van der Waals surface area contributed by atoms with Crippen LogP contribution in [0, 0.1) is 5.92 Å². The normalized spacial score (nSPS) is 13.8. The van der Waals surface area contributed by atoms with Gasteiger partial charge in [0.15, 0.2) is 12.2 Å². The highest BCUT2D eigenvalue weighted by atomic mass is 31.2. The van der Waals surface area contributed by atoms with E-state index in [1.165, 1.54) is 276 Å². The van der Waals surface area contributed by atoms with Crippen LogP contribution in [0.2, 0.25) is 0 Å². The lowest BCUT2D eigenvalue weighted by Gasteiger charge is -2.21. The molecule has 104 heavy (non-hydrogen) atoms. The van der Waals surface area contributed by atoms with Crippen LogP contribution < -0.4 is 0 Å². The number of esters is 4. The molecule has 618 valence electrons. The molecule has 0 rings (SSSR count). The molecule has 0 aromatic rings. The first-order valence-corrected chi connectivity index (χ1v) is 47.1. The van der Waals surface area contributed by atoms with Crippen LogP contribution in [0.1, 0.15) is 458 Å².